The van der Waals surface area contributed by atoms with Crippen molar-refractivity contribution in [3.63, 3.8) is 0 Å². The zero-order valence-corrected chi connectivity index (χ0v) is 5.83. The van der Waals surface area contributed by atoms with E-state index < -0.39 is 6.10 Å². The molecule has 1 heterocycles. The highest BCUT2D eigenvalue weighted by atomic mass is 16.3. The summed E-state index contributed by atoms with van der Waals surface area (Å²) in [5, 5.41) is 17.6. The predicted octanol–water partition coefficient (Wildman–Crippen LogP) is 0.560. The molecule has 0 radical (unpaired) electrons. The molecule has 0 saturated carbocycles. The second-order valence-corrected chi connectivity index (χ2v) is 2.27. The van der Waals surface area contributed by atoms with E-state index in [4.69, 9.17) is 10.2 Å². The Labute approximate surface area is 59.3 Å². The van der Waals surface area contributed by atoms with Crippen LogP contribution >= 0.6 is 0 Å². The van der Waals surface area contributed by atoms with Crippen LogP contribution in [0.1, 0.15) is 24.4 Å². The average Bonchev–Trinajstić information content (AvgIpc) is 2.34. The first kappa shape index (κ1) is 7.31. The van der Waals surface area contributed by atoms with Gasteiger partial charge in [-0.1, -0.05) is 0 Å². The summed E-state index contributed by atoms with van der Waals surface area (Å²) in [5.74, 6) is 0. The van der Waals surface area contributed by atoms with E-state index in [-0.39, 0.29) is 6.61 Å². The monoisotopic (exact) mass is 141 g/mol. The van der Waals surface area contributed by atoms with Crippen LogP contribution in [-0.2, 0) is 6.61 Å². The van der Waals surface area contributed by atoms with Gasteiger partial charge in [0.1, 0.15) is 0 Å². The van der Waals surface area contributed by atoms with Crippen molar-refractivity contribution in [1.29, 1.82) is 0 Å². The number of rotatable bonds is 2. The Morgan fingerprint density at radius 2 is 2.30 bits per heavy atom. The van der Waals surface area contributed by atoms with Gasteiger partial charge in [-0.25, -0.2) is 0 Å². The third-order valence-corrected chi connectivity index (χ3v) is 1.39. The molecule has 1 unspecified atom stereocenters. The molecule has 0 aliphatic carbocycles. The smallest absolute Gasteiger partial charge is 0.0909 e. The Hall–Kier alpha value is -0.800. The fraction of sp³-hybridized carbons (Fsp3) is 0.429. The van der Waals surface area contributed by atoms with Crippen LogP contribution in [0.3, 0.4) is 0 Å². The topological polar surface area (TPSA) is 56.2 Å². The number of nitrogens with one attached hydrogen (secondary N) is 1. The SMILES string of the molecule is CC(O)c1ccc(CO)[nH]1. The van der Waals surface area contributed by atoms with E-state index in [9.17, 15) is 0 Å². The molecule has 1 rings (SSSR count). The van der Waals surface area contributed by atoms with Gasteiger partial charge in [0.2, 0.25) is 0 Å². The van der Waals surface area contributed by atoms with Crippen LogP contribution in [0.2, 0.25) is 0 Å². The fourth-order valence-electron chi connectivity index (χ4n) is 0.795. The number of aromatic nitrogens is 1. The van der Waals surface area contributed by atoms with Gasteiger partial charge in [0.15, 0.2) is 0 Å². The van der Waals surface area contributed by atoms with Crippen LogP contribution < -0.4 is 0 Å². The molecule has 0 bridgehead atoms. The largest absolute Gasteiger partial charge is 0.390 e. The van der Waals surface area contributed by atoms with E-state index in [2.05, 4.69) is 4.98 Å². The van der Waals surface area contributed by atoms with E-state index in [1.807, 2.05) is 0 Å². The van der Waals surface area contributed by atoms with Crippen LogP contribution in [0.25, 0.3) is 0 Å². The molecule has 0 aliphatic rings. The van der Waals surface area contributed by atoms with Crippen molar-refractivity contribution in [2.45, 2.75) is 19.6 Å². The van der Waals surface area contributed by atoms with Crippen LogP contribution in [0.15, 0.2) is 12.1 Å². The Kier molecular flexibility index (Phi) is 2.09. The summed E-state index contributed by atoms with van der Waals surface area (Å²) in [6.07, 6.45) is -0.486. The van der Waals surface area contributed by atoms with Crippen LogP contribution in [0, 0.1) is 0 Å². The maximum absolute atomic E-state index is 9.02. The van der Waals surface area contributed by atoms with E-state index >= 15 is 0 Å². The number of aliphatic hydroxyl groups excluding tert-OH is 2. The van der Waals surface area contributed by atoms with E-state index in [1.54, 1.807) is 19.1 Å². The standard InChI is InChI=1S/C7H11NO2/c1-5(10)7-3-2-6(4-9)8-7/h2-3,5,8-10H,4H2,1H3. The summed E-state index contributed by atoms with van der Waals surface area (Å²) >= 11 is 0. The molecule has 3 nitrogen and oxygen atoms in total. The Morgan fingerprint density at radius 1 is 1.60 bits per heavy atom. The first-order valence-corrected chi connectivity index (χ1v) is 3.20. The maximum atomic E-state index is 9.02. The second kappa shape index (κ2) is 2.86. The molecule has 56 valence electrons. The van der Waals surface area contributed by atoms with Crippen LogP contribution in [0.5, 0.6) is 0 Å². The molecule has 10 heavy (non-hydrogen) atoms. The molecule has 3 N–H and O–H groups in total. The number of aliphatic hydroxyl groups is 2. The highest BCUT2D eigenvalue weighted by Crippen LogP contribution is 2.10. The average molecular weight is 141 g/mol. The van der Waals surface area contributed by atoms with Crippen LogP contribution in [-0.4, -0.2) is 15.2 Å². The van der Waals surface area contributed by atoms with Gasteiger partial charge in [-0.2, -0.15) is 0 Å². The molecule has 0 aromatic carbocycles. The van der Waals surface area contributed by atoms with E-state index in [1.165, 1.54) is 0 Å². The minimum absolute atomic E-state index is 0.00722. The number of H-pyrrole nitrogens is 1. The van der Waals surface area contributed by atoms with Crippen molar-refractivity contribution in [2.75, 3.05) is 0 Å². The number of hydrogen-bond donors (Lipinski definition) is 3. The first-order valence-electron chi connectivity index (χ1n) is 3.20. The van der Waals surface area contributed by atoms with Gasteiger partial charge < -0.3 is 15.2 Å². The molecule has 1 aromatic rings. The summed E-state index contributed by atoms with van der Waals surface area (Å²) in [7, 11) is 0. The summed E-state index contributed by atoms with van der Waals surface area (Å²) in [6, 6.07) is 3.51. The van der Waals surface area contributed by atoms with Crippen molar-refractivity contribution < 1.29 is 10.2 Å². The van der Waals surface area contributed by atoms with Crippen molar-refractivity contribution in [3.05, 3.63) is 23.5 Å². The predicted molar refractivity (Wildman–Crippen MR) is 37.3 cm³/mol. The molecule has 3 heteroatoms. The summed E-state index contributed by atoms with van der Waals surface area (Å²) in [5.41, 5.74) is 1.47. The summed E-state index contributed by atoms with van der Waals surface area (Å²) in [4.78, 5) is 2.86. The quantitative estimate of drug-likeness (QED) is 0.563. The van der Waals surface area contributed by atoms with E-state index in [0.29, 0.717) is 0 Å². The molecule has 1 aromatic heterocycles. The molecule has 0 amide bonds. The number of hydrogen-bond acceptors (Lipinski definition) is 2. The van der Waals surface area contributed by atoms with E-state index in [0.717, 1.165) is 11.4 Å². The maximum Gasteiger partial charge on any atom is 0.0909 e. The molecular weight excluding hydrogens is 130 g/mol. The normalized spacial score (nSPS) is 13.5. The molecular formula is C7H11NO2. The van der Waals surface area contributed by atoms with Crippen molar-refractivity contribution in [3.8, 4) is 0 Å². The second-order valence-electron chi connectivity index (χ2n) is 2.27. The Bertz CT molecular complexity index is 205. The third-order valence-electron chi connectivity index (χ3n) is 1.39. The molecule has 0 aliphatic heterocycles. The highest BCUT2D eigenvalue weighted by Gasteiger charge is 2.01. The highest BCUT2D eigenvalue weighted by molar-refractivity contribution is 5.13. The molecule has 0 fully saturated rings. The lowest BCUT2D eigenvalue weighted by atomic mass is 10.3. The van der Waals surface area contributed by atoms with Gasteiger partial charge in [-0.15, -0.1) is 0 Å². The molecule has 0 saturated heterocycles. The minimum atomic E-state index is -0.486. The number of aromatic amines is 1. The van der Waals surface area contributed by atoms with Crippen molar-refractivity contribution in [1.82, 2.24) is 4.98 Å². The van der Waals surface area contributed by atoms with Gasteiger partial charge >= 0.3 is 0 Å². The lowest BCUT2D eigenvalue weighted by Gasteiger charge is -1.98. The van der Waals surface area contributed by atoms with Crippen molar-refractivity contribution in [2.24, 2.45) is 0 Å². The zero-order valence-electron chi connectivity index (χ0n) is 5.83. The molecule has 0 spiro atoms. The first-order chi connectivity index (χ1) is 4.74. The Balaban J connectivity index is 2.78. The minimum Gasteiger partial charge on any atom is -0.390 e. The van der Waals surface area contributed by atoms with Crippen LogP contribution in [0.4, 0.5) is 0 Å². The third kappa shape index (κ3) is 1.37. The van der Waals surface area contributed by atoms with Gasteiger partial charge in [0.25, 0.3) is 0 Å². The summed E-state index contributed by atoms with van der Waals surface area (Å²) < 4.78 is 0. The van der Waals surface area contributed by atoms with Crippen molar-refractivity contribution >= 4 is 0 Å². The fourth-order valence-corrected chi connectivity index (χ4v) is 0.795. The van der Waals surface area contributed by atoms with Gasteiger partial charge in [-0.3, -0.25) is 0 Å². The Morgan fingerprint density at radius 3 is 2.60 bits per heavy atom. The van der Waals surface area contributed by atoms with Gasteiger partial charge in [0, 0.05) is 11.4 Å². The van der Waals surface area contributed by atoms with Gasteiger partial charge in [0.05, 0.1) is 12.7 Å². The summed E-state index contributed by atoms with van der Waals surface area (Å²) in [6.45, 7) is 1.67. The van der Waals surface area contributed by atoms with Gasteiger partial charge in [-0.05, 0) is 19.1 Å². The lowest BCUT2D eigenvalue weighted by Crippen LogP contribution is -1.91. The molecule has 1 atom stereocenters. The zero-order chi connectivity index (χ0) is 7.56. The lowest BCUT2D eigenvalue weighted by molar-refractivity contribution is 0.194.